The van der Waals surface area contributed by atoms with Gasteiger partial charge in [-0.15, -0.1) is 0 Å². The van der Waals surface area contributed by atoms with E-state index in [4.69, 9.17) is 28.9 Å². The van der Waals surface area contributed by atoms with Crippen LogP contribution in [-0.2, 0) is 9.59 Å². The van der Waals surface area contributed by atoms with Gasteiger partial charge in [-0.2, -0.15) is 0 Å². The molecule has 0 unspecified atom stereocenters. The largest absolute Gasteiger partial charge is 0.369 e. The van der Waals surface area contributed by atoms with Crippen molar-refractivity contribution in [3.63, 3.8) is 0 Å². The van der Waals surface area contributed by atoms with Crippen LogP contribution in [0.1, 0.15) is 31.4 Å². The molecule has 2 amide bonds. The van der Waals surface area contributed by atoms with Gasteiger partial charge in [-0.3, -0.25) is 14.5 Å². The van der Waals surface area contributed by atoms with Crippen LogP contribution in [0.25, 0.3) is 0 Å². The van der Waals surface area contributed by atoms with Crippen LogP contribution in [0.4, 0.5) is 0 Å². The van der Waals surface area contributed by atoms with Crippen molar-refractivity contribution < 1.29 is 9.59 Å². The molecule has 23 heavy (non-hydrogen) atoms. The number of hydrogen-bond acceptors (Lipinski definition) is 3. The van der Waals surface area contributed by atoms with Crippen molar-refractivity contribution in [3.05, 3.63) is 33.8 Å². The van der Waals surface area contributed by atoms with Crippen LogP contribution in [0.5, 0.6) is 0 Å². The summed E-state index contributed by atoms with van der Waals surface area (Å²) in [4.78, 5) is 25.4. The lowest BCUT2D eigenvalue weighted by molar-refractivity contribution is -0.124. The van der Waals surface area contributed by atoms with Gasteiger partial charge in [-0.25, -0.2) is 0 Å². The van der Waals surface area contributed by atoms with Crippen LogP contribution in [0.15, 0.2) is 18.2 Å². The number of nitrogens with zero attached hydrogens (tertiary/aromatic N) is 1. The molecule has 1 aliphatic heterocycles. The van der Waals surface area contributed by atoms with Crippen molar-refractivity contribution >= 4 is 35.0 Å². The molecule has 0 spiro atoms. The zero-order valence-corrected chi connectivity index (χ0v) is 14.5. The third kappa shape index (κ3) is 5.09. The minimum atomic E-state index is -0.250. The highest BCUT2D eigenvalue weighted by Crippen LogP contribution is 2.26. The average Bonchev–Trinajstić information content (AvgIpc) is 2.47. The van der Waals surface area contributed by atoms with Gasteiger partial charge in [0.05, 0.1) is 12.6 Å². The number of rotatable bonds is 5. The van der Waals surface area contributed by atoms with E-state index >= 15 is 0 Å². The van der Waals surface area contributed by atoms with Crippen LogP contribution < -0.4 is 11.1 Å². The van der Waals surface area contributed by atoms with E-state index in [0.717, 1.165) is 5.56 Å². The summed E-state index contributed by atoms with van der Waals surface area (Å²) >= 11 is 12.0. The lowest BCUT2D eigenvalue weighted by Crippen LogP contribution is -2.44. The number of piperidine rings is 1. The molecule has 1 aliphatic rings. The number of nitrogens with two attached hydrogens (primary N) is 1. The fourth-order valence-corrected chi connectivity index (χ4v) is 3.37. The van der Waals surface area contributed by atoms with Crippen LogP contribution in [0.3, 0.4) is 0 Å². The maximum atomic E-state index is 12.2. The van der Waals surface area contributed by atoms with Gasteiger partial charge in [0.15, 0.2) is 0 Å². The molecule has 0 saturated carbocycles. The molecule has 0 radical (unpaired) electrons. The van der Waals surface area contributed by atoms with Gasteiger partial charge >= 0.3 is 0 Å². The Hall–Kier alpha value is -1.30. The maximum absolute atomic E-state index is 12.2. The number of likely N-dealkylation sites (tertiary alicyclic amines) is 1. The molecular formula is C16H21Cl2N3O2. The zero-order chi connectivity index (χ0) is 17.0. The SMILES string of the molecule is C[C@@H](NC(=O)CN1CCC(C(N)=O)CC1)c1ccc(Cl)cc1Cl. The van der Waals surface area contributed by atoms with Gasteiger partial charge in [0.2, 0.25) is 11.8 Å². The van der Waals surface area contributed by atoms with E-state index in [0.29, 0.717) is 42.5 Å². The van der Waals surface area contributed by atoms with Crippen molar-refractivity contribution in [3.8, 4) is 0 Å². The first-order valence-electron chi connectivity index (χ1n) is 7.63. The molecule has 1 heterocycles. The number of primary amides is 1. The summed E-state index contributed by atoms with van der Waals surface area (Å²) in [5.41, 5.74) is 6.14. The molecule has 2 rings (SSSR count). The first-order valence-corrected chi connectivity index (χ1v) is 8.38. The number of nitrogens with one attached hydrogen (secondary N) is 1. The molecule has 7 heteroatoms. The van der Waals surface area contributed by atoms with Crippen molar-refractivity contribution in [2.75, 3.05) is 19.6 Å². The highest BCUT2D eigenvalue weighted by Gasteiger charge is 2.24. The lowest BCUT2D eigenvalue weighted by Gasteiger charge is -2.30. The normalized spacial score (nSPS) is 17.7. The smallest absolute Gasteiger partial charge is 0.234 e. The Kier molecular flexibility index (Phi) is 6.27. The average molecular weight is 358 g/mol. The Labute approximate surface area is 146 Å². The van der Waals surface area contributed by atoms with Crippen LogP contribution in [0, 0.1) is 5.92 Å². The van der Waals surface area contributed by atoms with E-state index < -0.39 is 0 Å². The fraction of sp³-hybridized carbons (Fsp3) is 0.500. The molecule has 1 fully saturated rings. The highest BCUT2D eigenvalue weighted by molar-refractivity contribution is 6.35. The van der Waals surface area contributed by atoms with Gasteiger partial charge in [-0.1, -0.05) is 29.3 Å². The first kappa shape index (κ1) is 18.0. The molecule has 1 atom stereocenters. The molecule has 1 aromatic rings. The molecule has 1 aromatic carbocycles. The molecule has 1 saturated heterocycles. The standard InChI is InChI=1S/C16H21Cl2N3O2/c1-10(13-3-2-12(17)8-14(13)18)20-15(22)9-21-6-4-11(5-7-21)16(19)23/h2-3,8,10-11H,4-7,9H2,1H3,(H2,19,23)(H,20,22)/t10-/m1/s1. The summed E-state index contributed by atoms with van der Waals surface area (Å²) in [6, 6.07) is 5.03. The number of carbonyl (C=O) groups is 2. The van der Waals surface area contributed by atoms with Crippen LogP contribution in [-0.4, -0.2) is 36.3 Å². The van der Waals surface area contributed by atoms with Gasteiger partial charge in [0.1, 0.15) is 0 Å². The number of amides is 2. The summed E-state index contributed by atoms with van der Waals surface area (Å²) < 4.78 is 0. The van der Waals surface area contributed by atoms with Gasteiger partial charge in [-0.05, 0) is 50.6 Å². The van der Waals surface area contributed by atoms with Gasteiger partial charge < -0.3 is 11.1 Å². The topological polar surface area (TPSA) is 75.4 Å². The Morgan fingerprint density at radius 3 is 2.57 bits per heavy atom. The molecule has 5 nitrogen and oxygen atoms in total. The predicted octanol–water partition coefficient (Wildman–Crippen LogP) is 2.37. The van der Waals surface area contributed by atoms with Crippen molar-refractivity contribution in [2.24, 2.45) is 11.7 Å². The third-order valence-corrected chi connectivity index (χ3v) is 4.73. The van der Waals surface area contributed by atoms with E-state index in [9.17, 15) is 9.59 Å². The number of benzene rings is 1. The molecule has 3 N–H and O–H groups in total. The summed E-state index contributed by atoms with van der Waals surface area (Å²) in [7, 11) is 0. The van der Waals surface area contributed by atoms with Crippen molar-refractivity contribution in [1.29, 1.82) is 0 Å². The quantitative estimate of drug-likeness (QED) is 0.849. The van der Waals surface area contributed by atoms with Crippen molar-refractivity contribution in [1.82, 2.24) is 10.2 Å². The Balaban J connectivity index is 1.84. The minimum absolute atomic E-state index is 0.0684. The van der Waals surface area contributed by atoms with Gasteiger partial charge in [0.25, 0.3) is 0 Å². The summed E-state index contributed by atoms with van der Waals surface area (Å²) in [5, 5.41) is 4.04. The molecule has 0 aromatic heterocycles. The fourth-order valence-electron chi connectivity index (χ4n) is 2.80. The van der Waals surface area contributed by atoms with Crippen LogP contribution >= 0.6 is 23.2 Å². The lowest BCUT2D eigenvalue weighted by atomic mass is 9.96. The first-order chi connectivity index (χ1) is 10.9. The van der Waals surface area contributed by atoms with Crippen molar-refractivity contribution in [2.45, 2.75) is 25.8 Å². The minimum Gasteiger partial charge on any atom is -0.369 e. The molecule has 126 valence electrons. The Morgan fingerprint density at radius 2 is 2.00 bits per heavy atom. The zero-order valence-electron chi connectivity index (χ0n) is 13.0. The maximum Gasteiger partial charge on any atom is 0.234 e. The summed E-state index contributed by atoms with van der Waals surface area (Å²) in [6.45, 7) is 3.60. The Bertz CT molecular complexity index is 587. The van der Waals surface area contributed by atoms with E-state index in [1.807, 2.05) is 17.9 Å². The Morgan fingerprint density at radius 1 is 1.35 bits per heavy atom. The van der Waals surface area contributed by atoms with E-state index in [1.54, 1.807) is 12.1 Å². The predicted molar refractivity (Wildman–Crippen MR) is 91.4 cm³/mol. The number of halogens is 2. The van der Waals surface area contributed by atoms with E-state index in [2.05, 4.69) is 5.32 Å². The van der Waals surface area contributed by atoms with E-state index in [-0.39, 0.29) is 23.8 Å². The summed E-state index contributed by atoms with van der Waals surface area (Å²) in [5.74, 6) is -0.387. The highest BCUT2D eigenvalue weighted by atomic mass is 35.5. The second-order valence-corrected chi connectivity index (χ2v) is 6.75. The van der Waals surface area contributed by atoms with Crippen LogP contribution in [0.2, 0.25) is 10.0 Å². The number of hydrogen-bond donors (Lipinski definition) is 2. The second kappa shape index (κ2) is 7.99. The molecular weight excluding hydrogens is 337 g/mol. The number of carbonyl (C=O) groups excluding carboxylic acids is 2. The summed E-state index contributed by atoms with van der Waals surface area (Å²) in [6.07, 6.45) is 1.42. The second-order valence-electron chi connectivity index (χ2n) is 5.91. The molecule has 0 aliphatic carbocycles. The molecule has 0 bridgehead atoms. The monoisotopic (exact) mass is 357 g/mol. The van der Waals surface area contributed by atoms with Gasteiger partial charge in [0, 0.05) is 16.0 Å². The third-order valence-electron chi connectivity index (χ3n) is 4.16. The van der Waals surface area contributed by atoms with E-state index in [1.165, 1.54) is 0 Å².